The Kier molecular flexibility index (Phi) is 2.84. The van der Waals surface area contributed by atoms with Gasteiger partial charge in [0.05, 0.1) is 5.25 Å². The third-order valence-corrected chi connectivity index (χ3v) is 6.50. The number of hydrogen-bond acceptors (Lipinski definition) is 2. The summed E-state index contributed by atoms with van der Waals surface area (Å²) in [6, 6.07) is 0. The fourth-order valence-electron chi connectivity index (χ4n) is 1.71. The number of allylic oxidation sites excluding steroid dienone is 2. The molecular formula is C12H22O2S. The second-order valence-corrected chi connectivity index (χ2v) is 8.37. The molecule has 15 heavy (non-hydrogen) atoms. The number of rotatable bonds is 1. The summed E-state index contributed by atoms with van der Waals surface area (Å²) < 4.78 is 24.2. The predicted molar refractivity (Wildman–Crippen MR) is 64.3 cm³/mol. The quantitative estimate of drug-likeness (QED) is 0.693. The molecule has 0 aromatic carbocycles. The normalized spacial score (nSPS) is 26.5. The van der Waals surface area contributed by atoms with Crippen LogP contribution in [0.4, 0.5) is 0 Å². The van der Waals surface area contributed by atoms with Crippen LogP contribution < -0.4 is 0 Å². The van der Waals surface area contributed by atoms with Gasteiger partial charge in [0.25, 0.3) is 0 Å². The van der Waals surface area contributed by atoms with Crippen molar-refractivity contribution >= 4 is 9.84 Å². The summed E-state index contributed by atoms with van der Waals surface area (Å²) in [5.41, 5.74) is -0.341. The third-order valence-electron chi connectivity index (χ3n) is 3.96. The van der Waals surface area contributed by atoms with Crippen molar-refractivity contribution < 1.29 is 8.42 Å². The van der Waals surface area contributed by atoms with Crippen LogP contribution in [0.15, 0.2) is 11.0 Å². The van der Waals surface area contributed by atoms with Gasteiger partial charge in [-0.25, -0.2) is 8.42 Å². The van der Waals surface area contributed by atoms with E-state index in [0.29, 0.717) is 11.3 Å². The first-order valence-corrected chi connectivity index (χ1v) is 7.00. The molecule has 88 valence electrons. The van der Waals surface area contributed by atoms with E-state index in [4.69, 9.17) is 0 Å². The molecule has 1 heterocycles. The zero-order chi connectivity index (χ0) is 12.1. The monoisotopic (exact) mass is 230 g/mol. The summed E-state index contributed by atoms with van der Waals surface area (Å²) >= 11 is 0. The minimum absolute atomic E-state index is 0.0457. The van der Waals surface area contributed by atoms with Gasteiger partial charge in [0.15, 0.2) is 9.84 Å². The second-order valence-electron chi connectivity index (χ2n) is 6.03. The Morgan fingerprint density at radius 2 is 1.67 bits per heavy atom. The first kappa shape index (κ1) is 12.8. The van der Waals surface area contributed by atoms with Crippen LogP contribution >= 0.6 is 0 Å². The lowest BCUT2D eigenvalue weighted by Crippen LogP contribution is -2.35. The van der Waals surface area contributed by atoms with Crippen LogP contribution in [-0.4, -0.2) is 13.7 Å². The number of hydrogen-bond donors (Lipinski definition) is 0. The molecule has 0 fully saturated rings. The number of sulfone groups is 1. The first-order valence-electron chi connectivity index (χ1n) is 5.46. The van der Waals surface area contributed by atoms with E-state index in [9.17, 15) is 8.42 Å². The molecule has 0 radical (unpaired) electrons. The van der Waals surface area contributed by atoms with Gasteiger partial charge in [0.1, 0.15) is 0 Å². The topological polar surface area (TPSA) is 34.1 Å². The molecule has 1 atom stereocenters. The molecule has 0 saturated carbocycles. The highest BCUT2D eigenvalue weighted by Gasteiger charge is 2.45. The van der Waals surface area contributed by atoms with Gasteiger partial charge in [-0.3, -0.25) is 0 Å². The summed E-state index contributed by atoms with van der Waals surface area (Å²) in [5, 5.41) is -0.242. The van der Waals surface area contributed by atoms with Crippen molar-refractivity contribution in [2.24, 2.45) is 10.8 Å². The van der Waals surface area contributed by atoms with E-state index in [1.54, 1.807) is 6.92 Å². The molecule has 0 amide bonds. The van der Waals surface area contributed by atoms with Gasteiger partial charge in [0, 0.05) is 10.3 Å². The fourth-order valence-corrected chi connectivity index (χ4v) is 3.84. The molecule has 2 nitrogen and oxygen atoms in total. The van der Waals surface area contributed by atoms with Crippen molar-refractivity contribution in [3.63, 3.8) is 0 Å². The molecule has 0 aromatic rings. The van der Waals surface area contributed by atoms with Crippen LogP contribution in [0.25, 0.3) is 0 Å². The molecule has 0 spiro atoms. The van der Waals surface area contributed by atoms with Crippen molar-refractivity contribution in [3.05, 3.63) is 11.0 Å². The van der Waals surface area contributed by atoms with Crippen molar-refractivity contribution in [2.45, 2.75) is 53.2 Å². The SMILES string of the molecule is CC1CC=C(C(C)(C)C(C)(C)C)S1(=O)=O. The average molecular weight is 230 g/mol. The van der Waals surface area contributed by atoms with E-state index < -0.39 is 9.84 Å². The lowest BCUT2D eigenvalue weighted by Gasteiger charge is -2.39. The summed E-state index contributed by atoms with van der Waals surface area (Å²) in [6.07, 6.45) is 2.57. The highest BCUT2D eigenvalue weighted by Crippen LogP contribution is 2.49. The Balaban J connectivity index is 3.23. The van der Waals surface area contributed by atoms with Crippen molar-refractivity contribution in [1.29, 1.82) is 0 Å². The predicted octanol–water partition coefficient (Wildman–Crippen LogP) is 3.15. The third kappa shape index (κ3) is 1.86. The lowest BCUT2D eigenvalue weighted by molar-refractivity contribution is 0.186. The molecule has 1 unspecified atom stereocenters. The van der Waals surface area contributed by atoms with Crippen molar-refractivity contribution in [1.82, 2.24) is 0 Å². The Labute approximate surface area is 93.7 Å². The van der Waals surface area contributed by atoms with Crippen LogP contribution in [0.2, 0.25) is 0 Å². The molecule has 0 bridgehead atoms. The summed E-state index contributed by atoms with van der Waals surface area (Å²) in [4.78, 5) is 0.634. The van der Waals surface area contributed by atoms with Gasteiger partial charge >= 0.3 is 0 Å². The maximum absolute atomic E-state index is 12.1. The van der Waals surface area contributed by atoms with Crippen LogP contribution in [0.5, 0.6) is 0 Å². The van der Waals surface area contributed by atoms with E-state index in [-0.39, 0.29) is 16.1 Å². The van der Waals surface area contributed by atoms with Crippen LogP contribution in [0, 0.1) is 10.8 Å². The molecular weight excluding hydrogens is 208 g/mol. The molecule has 1 rings (SSSR count). The molecule has 0 saturated heterocycles. The minimum Gasteiger partial charge on any atom is -0.224 e. The maximum atomic E-state index is 12.1. The van der Waals surface area contributed by atoms with Crippen LogP contribution in [-0.2, 0) is 9.84 Å². The Morgan fingerprint density at radius 3 is 1.93 bits per heavy atom. The first-order chi connectivity index (χ1) is 6.51. The Hall–Kier alpha value is -0.310. The van der Waals surface area contributed by atoms with E-state index >= 15 is 0 Å². The van der Waals surface area contributed by atoms with E-state index in [1.807, 2.05) is 19.9 Å². The average Bonchev–Trinajstić information content (AvgIpc) is 2.25. The Morgan fingerprint density at radius 1 is 1.20 bits per heavy atom. The molecule has 1 aliphatic heterocycles. The minimum atomic E-state index is -3.05. The zero-order valence-corrected chi connectivity index (χ0v) is 11.4. The van der Waals surface area contributed by atoms with Gasteiger partial charge in [0.2, 0.25) is 0 Å². The fraction of sp³-hybridized carbons (Fsp3) is 0.833. The van der Waals surface area contributed by atoms with Crippen LogP contribution in [0.1, 0.15) is 48.0 Å². The second kappa shape index (κ2) is 3.34. The van der Waals surface area contributed by atoms with E-state index in [2.05, 4.69) is 20.8 Å². The van der Waals surface area contributed by atoms with Crippen molar-refractivity contribution in [2.75, 3.05) is 0 Å². The highest BCUT2D eigenvalue weighted by molar-refractivity contribution is 7.96. The molecule has 0 aromatic heterocycles. The highest BCUT2D eigenvalue weighted by atomic mass is 32.2. The van der Waals surface area contributed by atoms with Gasteiger partial charge < -0.3 is 0 Å². The Bertz CT molecular complexity index is 380. The standard InChI is InChI=1S/C12H22O2S/c1-9-7-8-10(15(9,13)14)12(5,6)11(2,3)4/h8-9H,7H2,1-6H3. The van der Waals surface area contributed by atoms with E-state index in [0.717, 1.165) is 0 Å². The van der Waals surface area contributed by atoms with E-state index in [1.165, 1.54) is 0 Å². The molecule has 1 aliphatic rings. The largest absolute Gasteiger partial charge is 0.224 e. The molecule has 3 heteroatoms. The van der Waals surface area contributed by atoms with Gasteiger partial charge in [-0.05, 0) is 18.8 Å². The molecule has 0 N–H and O–H groups in total. The zero-order valence-electron chi connectivity index (χ0n) is 10.6. The molecule has 0 aliphatic carbocycles. The van der Waals surface area contributed by atoms with Crippen LogP contribution in [0.3, 0.4) is 0 Å². The van der Waals surface area contributed by atoms with Gasteiger partial charge in [-0.15, -0.1) is 0 Å². The van der Waals surface area contributed by atoms with Crippen molar-refractivity contribution in [3.8, 4) is 0 Å². The smallest absolute Gasteiger partial charge is 0.177 e. The van der Waals surface area contributed by atoms with Gasteiger partial charge in [-0.2, -0.15) is 0 Å². The summed E-state index contributed by atoms with van der Waals surface area (Å²) in [6.45, 7) is 12.1. The maximum Gasteiger partial charge on any atom is 0.177 e. The summed E-state index contributed by atoms with van der Waals surface area (Å²) in [5.74, 6) is 0. The lowest BCUT2D eigenvalue weighted by atomic mass is 9.69. The van der Waals surface area contributed by atoms with Gasteiger partial charge in [-0.1, -0.05) is 40.7 Å². The summed E-state index contributed by atoms with van der Waals surface area (Å²) in [7, 11) is -3.05.